The fraction of sp³-hybridized carbons (Fsp3) is 0.250. The van der Waals surface area contributed by atoms with Crippen molar-refractivity contribution in [1.82, 2.24) is 14.8 Å². The Labute approximate surface area is 175 Å². The first-order chi connectivity index (χ1) is 14.5. The number of benzene rings is 2. The Morgan fingerprint density at radius 3 is 2.80 bits per heavy atom. The van der Waals surface area contributed by atoms with E-state index in [2.05, 4.69) is 16.8 Å². The van der Waals surface area contributed by atoms with Crippen molar-refractivity contribution in [2.75, 3.05) is 25.4 Å². The van der Waals surface area contributed by atoms with Crippen molar-refractivity contribution >= 4 is 28.6 Å². The van der Waals surface area contributed by atoms with Gasteiger partial charge in [-0.3, -0.25) is 14.7 Å². The van der Waals surface area contributed by atoms with Gasteiger partial charge in [0.25, 0.3) is 0 Å². The molecule has 2 N–H and O–H groups in total. The summed E-state index contributed by atoms with van der Waals surface area (Å²) in [5.74, 6) is -0.243. The summed E-state index contributed by atoms with van der Waals surface area (Å²) < 4.78 is 13.1. The number of hydrogen-bond donors (Lipinski definition) is 1. The van der Waals surface area contributed by atoms with Crippen LogP contribution in [0.2, 0.25) is 0 Å². The zero-order valence-corrected chi connectivity index (χ0v) is 17.0. The van der Waals surface area contributed by atoms with Crippen molar-refractivity contribution in [3.8, 4) is 0 Å². The molecule has 2 heterocycles. The number of nitrogen functional groups attached to an aromatic ring is 1. The molecule has 3 aromatic rings. The summed E-state index contributed by atoms with van der Waals surface area (Å²) in [4.78, 5) is 21.3. The van der Waals surface area contributed by atoms with Crippen LogP contribution in [0.1, 0.15) is 18.1 Å². The van der Waals surface area contributed by atoms with Crippen molar-refractivity contribution in [3.05, 3.63) is 77.7 Å². The number of amides is 1. The Kier molecular flexibility index (Phi) is 5.77. The summed E-state index contributed by atoms with van der Waals surface area (Å²) in [6.07, 6.45) is 5.11. The highest BCUT2D eigenvalue weighted by molar-refractivity contribution is 5.94. The molecule has 0 unspecified atom stereocenters. The van der Waals surface area contributed by atoms with Crippen molar-refractivity contribution in [3.63, 3.8) is 0 Å². The van der Waals surface area contributed by atoms with Crippen molar-refractivity contribution < 1.29 is 9.18 Å². The first-order valence-corrected chi connectivity index (χ1v) is 10.1. The van der Waals surface area contributed by atoms with Gasteiger partial charge in [0, 0.05) is 55.6 Å². The van der Waals surface area contributed by atoms with Gasteiger partial charge >= 0.3 is 0 Å². The lowest BCUT2D eigenvalue weighted by atomic mass is 10.1. The second-order valence-corrected chi connectivity index (χ2v) is 7.75. The Bertz CT molecular complexity index is 1080. The number of rotatable bonds is 4. The van der Waals surface area contributed by atoms with Gasteiger partial charge in [0.1, 0.15) is 5.82 Å². The van der Waals surface area contributed by atoms with Crippen LogP contribution in [-0.2, 0) is 11.3 Å². The first-order valence-electron chi connectivity index (χ1n) is 10.1. The van der Waals surface area contributed by atoms with Gasteiger partial charge < -0.3 is 10.6 Å². The number of carbonyl (C=O) groups excluding carboxylic acids is 1. The average Bonchev–Trinajstić information content (AvgIpc) is 2.74. The molecule has 30 heavy (non-hydrogen) atoms. The van der Waals surface area contributed by atoms with E-state index in [1.165, 1.54) is 12.1 Å². The zero-order chi connectivity index (χ0) is 21.1. The topological polar surface area (TPSA) is 62.5 Å². The first kappa shape index (κ1) is 20.0. The monoisotopic (exact) mass is 404 g/mol. The van der Waals surface area contributed by atoms with Crippen LogP contribution in [0.5, 0.6) is 0 Å². The molecule has 1 fully saturated rings. The third-order valence-electron chi connectivity index (χ3n) is 5.53. The van der Waals surface area contributed by atoms with E-state index in [-0.39, 0.29) is 17.8 Å². The quantitative estimate of drug-likeness (QED) is 0.532. The Hall–Kier alpha value is -3.25. The van der Waals surface area contributed by atoms with Crippen LogP contribution in [0.4, 0.5) is 10.1 Å². The lowest BCUT2D eigenvalue weighted by Gasteiger charge is -2.39. The third kappa shape index (κ3) is 4.49. The zero-order valence-electron chi connectivity index (χ0n) is 17.0. The van der Waals surface area contributed by atoms with Crippen LogP contribution >= 0.6 is 0 Å². The van der Waals surface area contributed by atoms with Crippen molar-refractivity contribution in [2.45, 2.75) is 19.5 Å². The van der Waals surface area contributed by atoms with Gasteiger partial charge in [-0.05, 0) is 54.5 Å². The number of nitrogens with zero attached hydrogens (tertiary/aromatic N) is 3. The molecule has 5 nitrogen and oxygen atoms in total. The minimum atomic E-state index is -0.224. The van der Waals surface area contributed by atoms with Gasteiger partial charge in [0.15, 0.2) is 0 Å². The van der Waals surface area contributed by atoms with Gasteiger partial charge in [-0.2, -0.15) is 0 Å². The molecule has 1 saturated heterocycles. The highest BCUT2D eigenvalue weighted by Crippen LogP contribution is 2.22. The molecule has 0 bridgehead atoms. The lowest BCUT2D eigenvalue weighted by molar-refractivity contribution is -0.130. The summed E-state index contributed by atoms with van der Waals surface area (Å²) in [6.45, 7) is 5.03. The van der Waals surface area contributed by atoms with Crippen molar-refractivity contribution in [1.29, 1.82) is 0 Å². The number of anilines is 1. The Morgan fingerprint density at radius 1 is 1.23 bits per heavy atom. The predicted octanol–water partition coefficient (Wildman–Crippen LogP) is 3.70. The van der Waals surface area contributed by atoms with E-state index in [4.69, 9.17) is 5.73 Å². The summed E-state index contributed by atoms with van der Waals surface area (Å²) in [5, 5.41) is 0.988. The standard InChI is InChI=1S/C24H25FN4O/c1-17-15-28(16-18-4-7-21(25)8-5-18)11-12-29(17)24(30)9-6-19-13-20-3-2-10-27-23(20)14-22(19)26/h2-10,13-14,17H,11-12,15-16,26H2,1H3/b9-6+/t17-/m1/s1. The number of nitrogens with two attached hydrogens (primary N) is 1. The minimum Gasteiger partial charge on any atom is -0.398 e. The number of hydrogen-bond acceptors (Lipinski definition) is 4. The highest BCUT2D eigenvalue weighted by atomic mass is 19.1. The van der Waals surface area contributed by atoms with E-state index in [0.29, 0.717) is 12.2 Å². The number of aromatic nitrogens is 1. The van der Waals surface area contributed by atoms with Gasteiger partial charge in [-0.1, -0.05) is 18.2 Å². The summed E-state index contributed by atoms with van der Waals surface area (Å²) in [5.41, 5.74) is 9.46. The number of fused-ring (bicyclic) bond motifs is 1. The molecule has 154 valence electrons. The van der Waals surface area contributed by atoms with Gasteiger partial charge in [-0.25, -0.2) is 4.39 Å². The normalized spacial score (nSPS) is 17.7. The highest BCUT2D eigenvalue weighted by Gasteiger charge is 2.26. The van der Waals surface area contributed by atoms with Crippen LogP contribution < -0.4 is 5.73 Å². The smallest absolute Gasteiger partial charge is 0.246 e. The SMILES string of the molecule is C[C@@H]1CN(Cc2ccc(F)cc2)CCN1C(=O)/C=C/c1cc2cccnc2cc1N. The van der Waals surface area contributed by atoms with E-state index in [1.807, 2.05) is 41.3 Å². The van der Waals surface area contributed by atoms with E-state index in [1.54, 1.807) is 18.3 Å². The van der Waals surface area contributed by atoms with Crippen LogP contribution in [0.3, 0.4) is 0 Å². The van der Waals surface area contributed by atoms with E-state index < -0.39 is 0 Å². The summed E-state index contributed by atoms with van der Waals surface area (Å²) >= 11 is 0. The number of carbonyl (C=O) groups is 1. The summed E-state index contributed by atoms with van der Waals surface area (Å²) in [6, 6.07) is 14.3. The third-order valence-corrected chi connectivity index (χ3v) is 5.53. The Balaban J connectivity index is 1.39. The van der Waals surface area contributed by atoms with Gasteiger partial charge in [0.2, 0.25) is 5.91 Å². The largest absolute Gasteiger partial charge is 0.398 e. The maximum atomic E-state index is 13.1. The van der Waals surface area contributed by atoms with Crippen molar-refractivity contribution in [2.24, 2.45) is 0 Å². The minimum absolute atomic E-state index is 0.0189. The summed E-state index contributed by atoms with van der Waals surface area (Å²) in [7, 11) is 0. The molecule has 6 heteroatoms. The van der Waals surface area contributed by atoms with Crippen LogP contribution in [0.15, 0.2) is 60.8 Å². The molecule has 2 aromatic carbocycles. The van der Waals surface area contributed by atoms with E-state index in [0.717, 1.165) is 41.7 Å². The molecule has 1 aliphatic rings. The fourth-order valence-electron chi connectivity index (χ4n) is 3.91. The Morgan fingerprint density at radius 2 is 2.03 bits per heavy atom. The van der Waals surface area contributed by atoms with Crippen LogP contribution in [0.25, 0.3) is 17.0 Å². The second kappa shape index (κ2) is 8.63. The molecule has 0 spiro atoms. The molecule has 4 rings (SSSR count). The molecule has 1 amide bonds. The molecule has 1 aliphatic heterocycles. The second-order valence-electron chi connectivity index (χ2n) is 7.75. The maximum Gasteiger partial charge on any atom is 0.246 e. The molecule has 0 aliphatic carbocycles. The van der Waals surface area contributed by atoms with Crippen LogP contribution in [0, 0.1) is 5.82 Å². The maximum absolute atomic E-state index is 13.1. The molecule has 1 aromatic heterocycles. The number of halogens is 1. The molecule has 1 atom stereocenters. The molecule has 0 saturated carbocycles. The van der Waals surface area contributed by atoms with Gasteiger partial charge in [0.05, 0.1) is 5.52 Å². The van der Waals surface area contributed by atoms with Gasteiger partial charge in [-0.15, -0.1) is 0 Å². The number of piperazine rings is 1. The van der Waals surface area contributed by atoms with E-state index in [9.17, 15) is 9.18 Å². The van der Waals surface area contributed by atoms with E-state index >= 15 is 0 Å². The molecular weight excluding hydrogens is 379 g/mol. The average molecular weight is 404 g/mol. The number of pyridine rings is 1. The van der Waals surface area contributed by atoms with Crippen LogP contribution in [-0.4, -0.2) is 46.4 Å². The molecule has 0 radical (unpaired) electrons. The fourth-order valence-corrected chi connectivity index (χ4v) is 3.91. The lowest BCUT2D eigenvalue weighted by Crippen LogP contribution is -2.53. The molecular formula is C24H25FN4O. The predicted molar refractivity (Wildman–Crippen MR) is 118 cm³/mol.